The van der Waals surface area contributed by atoms with E-state index in [1.165, 1.54) is 0 Å². The summed E-state index contributed by atoms with van der Waals surface area (Å²) in [5.41, 5.74) is 2.92. The number of rotatable bonds is 6. The Morgan fingerprint density at radius 1 is 0.815 bits per heavy atom. The number of carbonyl (C=O) groups is 1. The lowest BCUT2D eigenvalue weighted by molar-refractivity contribution is 0.225. The maximum atomic E-state index is 12.2. The van der Waals surface area contributed by atoms with Crippen molar-refractivity contribution in [2.24, 2.45) is 10.2 Å². The van der Waals surface area contributed by atoms with Crippen LogP contribution in [0.4, 0.5) is 21.9 Å². The normalized spacial score (nSPS) is 11.9. The van der Waals surface area contributed by atoms with Gasteiger partial charge in [-0.2, -0.15) is 10.2 Å². The third-order valence-electron chi connectivity index (χ3n) is 3.85. The van der Waals surface area contributed by atoms with Gasteiger partial charge in [0.2, 0.25) is 0 Å². The molecule has 0 aliphatic rings. The van der Waals surface area contributed by atoms with Gasteiger partial charge < -0.3 is 15.7 Å². The predicted molar refractivity (Wildman–Crippen MR) is 105 cm³/mol. The standard InChI is InChI=1S/C21H20N4O2/c26-15-20(16-7-3-1-4-8-16)23-21(27)22-17-11-13-19(14-12-17)25-24-18-9-5-2-6-10-18/h1-14,20,26H,15H2,(H2,22,23,27)/t20-/m1/s1. The highest BCUT2D eigenvalue weighted by Gasteiger charge is 2.13. The summed E-state index contributed by atoms with van der Waals surface area (Å²) in [5.74, 6) is 0. The number of amides is 2. The van der Waals surface area contributed by atoms with E-state index in [-0.39, 0.29) is 6.61 Å². The Kier molecular flexibility index (Phi) is 6.27. The van der Waals surface area contributed by atoms with E-state index in [0.29, 0.717) is 11.4 Å². The van der Waals surface area contributed by atoms with E-state index in [4.69, 9.17) is 0 Å². The molecule has 0 radical (unpaired) electrons. The largest absolute Gasteiger partial charge is 0.394 e. The van der Waals surface area contributed by atoms with Gasteiger partial charge in [-0.05, 0) is 42.0 Å². The second kappa shape index (κ2) is 9.26. The zero-order chi connectivity index (χ0) is 18.9. The fourth-order valence-corrected chi connectivity index (χ4v) is 2.47. The van der Waals surface area contributed by atoms with Crippen molar-refractivity contribution in [2.45, 2.75) is 6.04 Å². The van der Waals surface area contributed by atoms with Gasteiger partial charge in [-0.3, -0.25) is 0 Å². The van der Waals surface area contributed by atoms with Crippen LogP contribution in [0.3, 0.4) is 0 Å². The third-order valence-corrected chi connectivity index (χ3v) is 3.85. The molecule has 3 aromatic rings. The minimum Gasteiger partial charge on any atom is -0.394 e. The zero-order valence-corrected chi connectivity index (χ0v) is 14.6. The maximum absolute atomic E-state index is 12.2. The molecule has 2 amide bonds. The minimum atomic E-state index is -0.467. The van der Waals surface area contributed by atoms with Crippen molar-refractivity contribution >= 4 is 23.1 Å². The number of hydrogen-bond acceptors (Lipinski definition) is 4. The Morgan fingerprint density at radius 2 is 1.37 bits per heavy atom. The van der Waals surface area contributed by atoms with E-state index in [0.717, 1.165) is 11.3 Å². The third kappa shape index (κ3) is 5.49. The topological polar surface area (TPSA) is 86.1 Å². The van der Waals surface area contributed by atoms with Crippen LogP contribution in [0.2, 0.25) is 0 Å². The number of urea groups is 1. The molecular weight excluding hydrogens is 340 g/mol. The molecule has 0 spiro atoms. The Hall–Kier alpha value is -3.51. The first kappa shape index (κ1) is 18.3. The van der Waals surface area contributed by atoms with Gasteiger partial charge >= 0.3 is 6.03 Å². The summed E-state index contributed by atoms with van der Waals surface area (Å²) in [4.78, 5) is 12.2. The Balaban J connectivity index is 1.57. The first-order valence-corrected chi connectivity index (χ1v) is 8.55. The van der Waals surface area contributed by atoms with Crippen molar-refractivity contribution in [1.82, 2.24) is 5.32 Å². The summed E-state index contributed by atoms with van der Waals surface area (Å²) in [7, 11) is 0. The van der Waals surface area contributed by atoms with Crippen LogP contribution in [0.15, 0.2) is 95.2 Å². The Labute approximate surface area is 157 Å². The number of aliphatic hydroxyl groups excluding tert-OH is 1. The fourth-order valence-electron chi connectivity index (χ4n) is 2.47. The lowest BCUT2D eigenvalue weighted by Gasteiger charge is -2.17. The van der Waals surface area contributed by atoms with Crippen LogP contribution in [-0.4, -0.2) is 17.7 Å². The molecule has 0 aliphatic carbocycles. The highest BCUT2D eigenvalue weighted by Crippen LogP contribution is 2.20. The monoisotopic (exact) mass is 360 g/mol. The van der Waals surface area contributed by atoms with E-state index in [1.807, 2.05) is 60.7 Å². The molecule has 0 unspecified atom stereocenters. The van der Waals surface area contributed by atoms with Crippen LogP contribution < -0.4 is 10.6 Å². The average Bonchev–Trinajstić information content (AvgIpc) is 2.73. The molecule has 0 aromatic heterocycles. The number of anilines is 1. The molecule has 1 atom stereocenters. The van der Waals surface area contributed by atoms with Crippen molar-refractivity contribution in [1.29, 1.82) is 0 Å². The van der Waals surface area contributed by atoms with E-state index >= 15 is 0 Å². The van der Waals surface area contributed by atoms with Crippen LogP contribution in [0.5, 0.6) is 0 Å². The Bertz CT molecular complexity index is 881. The molecule has 3 aromatic carbocycles. The van der Waals surface area contributed by atoms with E-state index in [9.17, 15) is 9.90 Å². The maximum Gasteiger partial charge on any atom is 0.319 e. The second-order valence-electron chi connectivity index (χ2n) is 5.83. The van der Waals surface area contributed by atoms with Gasteiger partial charge in [0.15, 0.2) is 0 Å². The fraction of sp³-hybridized carbons (Fsp3) is 0.0952. The molecular formula is C21H20N4O2. The summed E-state index contributed by atoms with van der Waals surface area (Å²) in [6.45, 7) is -0.184. The molecule has 0 bridgehead atoms. The number of nitrogens with one attached hydrogen (secondary N) is 2. The molecule has 3 rings (SSSR count). The second-order valence-corrected chi connectivity index (χ2v) is 5.83. The van der Waals surface area contributed by atoms with Gasteiger partial charge in [-0.1, -0.05) is 48.5 Å². The molecule has 0 heterocycles. The highest BCUT2D eigenvalue weighted by atomic mass is 16.3. The molecule has 0 aliphatic heterocycles. The molecule has 136 valence electrons. The zero-order valence-electron chi connectivity index (χ0n) is 14.6. The van der Waals surface area contributed by atoms with Gasteiger partial charge in [0.1, 0.15) is 0 Å². The van der Waals surface area contributed by atoms with E-state index in [1.54, 1.807) is 24.3 Å². The van der Waals surface area contributed by atoms with Crippen LogP contribution in [0, 0.1) is 0 Å². The molecule has 0 saturated heterocycles. The summed E-state index contributed by atoms with van der Waals surface area (Å²) < 4.78 is 0. The minimum absolute atomic E-state index is 0.184. The number of hydrogen-bond donors (Lipinski definition) is 3. The predicted octanol–water partition coefficient (Wildman–Crippen LogP) is 4.96. The van der Waals surface area contributed by atoms with Crippen LogP contribution in [0.1, 0.15) is 11.6 Å². The summed E-state index contributed by atoms with van der Waals surface area (Å²) in [5, 5.41) is 23.3. The van der Waals surface area contributed by atoms with Crippen LogP contribution in [0.25, 0.3) is 0 Å². The van der Waals surface area contributed by atoms with E-state index in [2.05, 4.69) is 20.9 Å². The number of nitrogens with zero attached hydrogens (tertiary/aromatic N) is 2. The first-order valence-electron chi connectivity index (χ1n) is 8.55. The quantitative estimate of drug-likeness (QED) is 0.543. The SMILES string of the molecule is O=C(Nc1ccc(N=Nc2ccccc2)cc1)N[C@H](CO)c1ccccc1. The van der Waals surface area contributed by atoms with Gasteiger partial charge in [-0.15, -0.1) is 0 Å². The van der Waals surface area contributed by atoms with Crippen molar-refractivity contribution in [3.63, 3.8) is 0 Å². The number of benzene rings is 3. The van der Waals surface area contributed by atoms with Crippen molar-refractivity contribution in [3.05, 3.63) is 90.5 Å². The van der Waals surface area contributed by atoms with Gasteiger partial charge in [0.05, 0.1) is 24.0 Å². The van der Waals surface area contributed by atoms with Gasteiger partial charge in [0.25, 0.3) is 0 Å². The molecule has 0 saturated carbocycles. The highest BCUT2D eigenvalue weighted by molar-refractivity contribution is 5.89. The summed E-state index contributed by atoms with van der Waals surface area (Å²) in [6, 6.07) is 24.9. The molecule has 0 fully saturated rings. The number of carbonyl (C=O) groups excluding carboxylic acids is 1. The smallest absolute Gasteiger partial charge is 0.319 e. The molecule has 3 N–H and O–H groups in total. The number of aliphatic hydroxyl groups is 1. The van der Waals surface area contributed by atoms with Gasteiger partial charge in [0, 0.05) is 5.69 Å². The lowest BCUT2D eigenvalue weighted by atomic mass is 10.1. The van der Waals surface area contributed by atoms with E-state index < -0.39 is 12.1 Å². The van der Waals surface area contributed by atoms with Crippen molar-refractivity contribution < 1.29 is 9.90 Å². The average molecular weight is 360 g/mol. The number of azo groups is 1. The lowest BCUT2D eigenvalue weighted by Crippen LogP contribution is -2.34. The van der Waals surface area contributed by atoms with Crippen molar-refractivity contribution in [2.75, 3.05) is 11.9 Å². The molecule has 27 heavy (non-hydrogen) atoms. The Morgan fingerprint density at radius 3 is 1.96 bits per heavy atom. The molecule has 6 nitrogen and oxygen atoms in total. The van der Waals surface area contributed by atoms with Crippen LogP contribution >= 0.6 is 0 Å². The summed E-state index contributed by atoms with van der Waals surface area (Å²) >= 11 is 0. The molecule has 6 heteroatoms. The summed E-state index contributed by atoms with van der Waals surface area (Å²) in [6.07, 6.45) is 0. The van der Waals surface area contributed by atoms with Crippen molar-refractivity contribution in [3.8, 4) is 0 Å². The van der Waals surface area contributed by atoms with Gasteiger partial charge in [-0.25, -0.2) is 4.79 Å². The van der Waals surface area contributed by atoms with Crippen LogP contribution in [-0.2, 0) is 0 Å². The first-order chi connectivity index (χ1) is 13.2.